The molecule has 1 saturated heterocycles. The zero-order valence-corrected chi connectivity index (χ0v) is 35.9. The maximum atomic E-state index is 14.1. The fraction of sp³-hybridized carbons (Fsp3) is 0.568. The third kappa shape index (κ3) is 11.4. The summed E-state index contributed by atoms with van der Waals surface area (Å²) in [6.45, 7) is 19.5. The number of fused-ring (bicyclic) bond motifs is 1. The Morgan fingerprint density at radius 3 is 2.34 bits per heavy atom. The van der Waals surface area contributed by atoms with E-state index in [4.69, 9.17) is 19.2 Å². The number of carbonyl (C=O) groups is 3. The summed E-state index contributed by atoms with van der Waals surface area (Å²) in [7, 11) is 3.98. The molecule has 58 heavy (non-hydrogen) atoms. The number of anilines is 3. The fourth-order valence-electron chi connectivity index (χ4n) is 7.31. The summed E-state index contributed by atoms with van der Waals surface area (Å²) in [4.78, 5) is 54.2. The van der Waals surface area contributed by atoms with Crippen molar-refractivity contribution in [2.45, 2.75) is 123 Å². The minimum atomic E-state index is -0.905. The van der Waals surface area contributed by atoms with Crippen molar-refractivity contribution in [2.75, 3.05) is 50.6 Å². The monoisotopic (exact) mass is 801 g/mol. The van der Waals surface area contributed by atoms with E-state index < -0.39 is 28.8 Å². The molecule has 1 fully saturated rings. The van der Waals surface area contributed by atoms with Gasteiger partial charge in [0, 0.05) is 44.4 Å². The summed E-state index contributed by atoms with van der Waals surface area (Å²) in [5.41, 5.74) is 2.78. The first-order chi connectivity index (χ1) is 27.3. The molecule has 4 heterocycles. The lowest BCUT2D eigenvalue weighted by Gasteiger charge is -2.39. The smallest absolute Gasteiger partial charge is 0.417 e. The normalized spacial score (nSPS) is 15.5. The first-order valence-corrected chi connectivity index (χ1v) is 20.3. The zero-order valence-electron chi connectivity index (χ0n) is 35.9. The topological polar surface area (TPSA) is 152 Å². The Balaban J connectivity index is 1.25. The molecule has 3 aromatic rings. The van der Waals surface area contributed by atoms with Crippen LogP contribution in [-0.2, 0) is 32.1 Å². The molecule has 14 heteroatoms. The second kappa shape index (κ2) is 18.4. The van der Waals surface area contributed by atoms with Crippen molar-refractivity contribution in [2.24, 2.45) is 0 Å². The summed E-state index contributed by atoms with van der Waals surface area (Å²) in [6.07, 6.45) is 7.81. The Morgan fingerprint density at radius 2 is 1.69 bits per heavy atom. The van der Waals surface area contributed by atoms with Gasteiger partial charge in [0.05, 0.1) is 53.3 Å². The number of ether oxygens (including phenoxy) is 3. The lowest BCUT2D eigenvalue weighted by molar-refractivity contribution is -0.154. The summed E-state index contributed by atoms with van der Waals surface area (Å²) in [5, 5.41) is 14.8. The predicted molar refractivity (Wildman–Crippen MR) is 226 cm³/mol. The Morgan fingerprint density at radius 1 is 1.00 bits per heavy atom. The van der Waals surface area contributed by atoms with Crippen LogP contribution in [-0.4, -0.2) is 105 Å². The maximum Gasteiger partial charge on any atom is 0.417 e. The second-order valence-corrected chi connectivity index (χ2v) is 17.7. The minimum Gasteiger partial charge on any atom is -0.460 e. The van der Waals surface area contributed by atoms with Crippen LogP contribution in [0.5, 0.6) is 0 Å². The van der Waals surface area contributed by atoms with Crippen LogP contribution in [0.2, 0.25) is 0 Å². The van der Waals surface area contributed by atoms with E-state index >= 15 is 0 Å². The van der Waals surface area contributed by atoms with Gasteiger partial charge in [0.1, 0.15) is 22.8 Å². The van der Waals surface area contributed by atoms with Gasteiger partial charge in [-0.25, -0.2) is 19.7 Å². The molecule has 316 valence electrons. The van der Waals surface area contributed by atoms with E-state index in [1.807, 2.05) is 70.6 Å². The molecule has 0 atom stereocenters. The molecule has 0 aliphatic carbocycles. The van der Waals surface area contributed by atoms with Gasteiger partial charge in [0.2, 0.25) is 0 Å². The predicted octanol–water partition coefficient (Wildman–Crippen LogP) is 7.69. The highest BCUT2D eigenvalue weighted by Gasteiger charge is 2.39. The van der Waals surface area contributed by atoms with Gasteiger partial charge in [-0.15, -0.1) is 0 Å². The Labute approximate surface area is 343 Å². The summed E-state index contributed by atoms with van der Waals surface area (Å²) < 4.78 is 18.8. The van der Waals surface area contributed by atoms with Crippen molar-refractivity contribution in [3.8, 4) is 11.3 Å². The van der Waals surface area contributed by atoms with Crippen molar-refractivity contribution in [1.29, 1.82) is 0 Å². The van der Waals surface area contributed by atoms with Crippen LogP contribution in [0.15, 0.2) is 37.0 Å². The van der Waals surface area contributed by atoms with Crippen LogP contribution < -0.4 is 10.2 Å². The average molecular weight is 802 g/mol. The van der Waals surface area contributed by atoms with Crippen molar-refractivity contribution in [3.63, 3.8) is 0 Å². The zero-order chi connectivity index (χ0) is 42.4. The van der Waals surface area contributed by atoms with Gasteiger partial charge in [-0.3, -0.25) is 9.59 Å². The third-order valence-electron chi connectivity index (χ3n) is 10.1. The number of aliphatic hydroxyl groups is 1. The van der Waals surface area contributed by atoms with Crippen LogP contribution in [0.25, 0.3) is 17.5 Å². The van der Waals surface area contributed by atoms with E-state index in [1.54, 1.807) is 33.2 Å². The molecule has 0 saturated carbocycles. The van der Waals surface area contributed by atoms with Crippen molar-refractivity contribution in [1.82, 2.24) is 24.3 Å². The van der Waals surface area contributed by atoms with Gasteiger partial charge in [0.25, 0.3) is 5.91 Å². The standard InChI is InChI=1S/C44H63N7O7/c1-11-50-30(2)45-26-36(50)31-17-18-33(39-32(31)27-51(40(39)53)41(54)58-43(6,7)8)46-37-20-19-35(34(47-37)28-48(9)10)49-23-21-44(55,22-24-49)29-56-25-15-13-12-14-16-38(52)57-42(3,4)5/h11,17-20,26,55H,1,12-16,21-25,27-29H2,2-10H3,(H,46,47). The number of nitrogens with zero attached hydrogens (tertiary/aromatic N) is 6. The Kier molecular flexibility index (Phi) is 14.1. The van der Waals surface area contributed by atoms with Gasteiger partial charge in [-0.2, -0.15) is 0 Å². The van der Waals surface area contributed by atoms with Crippen LogP contribution >= 0.6 is 0 Å². The van der Waals surface area contributed by atoms with Crippen LogP contribution in [0.4, 0.5) is 22.0 Å². The third-order valence-corrected chi connectivity index (χ3v) is 10.1. The molecule has 5 rings (SSSR count). The molecule has 0 unspecified atom stereocenters. The molecule has 2 amide bonds. The summed E-state index contributed by atoms with van der Waals surface area (Å²) in [5.74, 6) is 0.684. The number of nitrogens with one attached hydrogen (secondary N) is 1. The van der Waals surface area contributed by atoms with E-state index in [2.05, 4.69) is 26.7 Å². The molecule has 0 spiro atoms. The molecule has 2 aliphatic rings. The number of amides is 2. The molecule has 2 aromatic heterocycles. The fourth-order valence-corrected chi connectivity index (χ4v) is 7.31. The largest absolute Gasteiger partial charge is 0.460 e. The number of carbonyl (C=O) groups excluding carboxylic acids is 3. The number of piperidine rings is 1. The Hall–Kier alpha value is -4.79. The highest BCUT2D eigenvalue weighted by molar-refractivity contribution is 6.11. The molecule has 14 nitrogen and oxygen atoms in total. The molecule has 2 N–H and O–H groups in total. The van der Waals surface area contributed by atoms with Crippen molar-refractivity contribution in [3.05, 3.63) is 59.7 Å². The number of aryl methyl sites for hydroxylation is 1. The molecule has 0 radical (unpaired) electrons. The highest BCUT2D eigenvalue weighted by Crippen LogP contribution is 2.39. The average Bonchev–Trinajstić information content (AvgIpc) is 3.68. The molecule has 1 aromatic carbocycles. The van der Waals surface area contributed by atoms with Crippen LogP contribution in [0.1, 0.15) is 114 Å². The van der Waals surface area contributed by atoms with Gasteiger partial charge in [-0.05, 0) is 112 Å². The van der Waals surface area contributed by atoms with E-state index in [0.29, 0.717) is 68.1 Å². The molecule has 2 aliphatic heterocycles. The number of benzene rings is 1. The first kappa shape index (κ1) is 44.3. The SMILES string of the molecule is C=Cn1c(-c2ccc(Nc3ccc(N4CCC(O)(COCCCCCCC(=O)OC(C)(C)C)CC4)c(CN(C)C)n3)c3c2CN(C(=O)OC(C)(C)C)C3=O)cnc1C. The van der Waals surface area contributed by atoms with Gasteiger partial charge >= 0.3 is 12.1 Å². The highest BCUT2D eigenvalue weighted by atomic mass is 16.6. The van der Waals surface area contributed by atoms with E-state index in [9.17, 15) is 19.5 Å². The van der Waals surface area contributed by atoms with Gasteiger partial charge in [0.15, 0.2) is 0 Å². The minimum absolute atomic E-state index is 0.0390. The van der Waals surface area contributed by atoms with Gasteiger partial charge < -0.3 is 39.0 Å². The Bertz CT molecular complexity index is 1950. The number of hydrogen-bond acceptors (Lipinski definition) is 12. The second-order valence-electron chi connectivity index (χ2n) is 17.7. The number of unbranched alkanes of at least 4 members (excludes halogenated alkanes) is 3. The van der Waals surface area contributed by atoms with Crippen molar-refractivity contribution < 1.29 is 33.7 Å². The lowest BCUT2D eigenvalue weighted by Crippen LogP contribution is -2.47. The number of rotatable bonds is 16. The van der Waals surface area contributed by atoms with E-state index in [0.717, 1.165) is 59.0 Å². The molecular formula is C44H63N7O7. The summed E-state index contributed by atoms with van der Waals surface area (Å²) >= 11 is 0. The van der Waals surface area contributed by atoms with Crippen LogP contribution in [0, 0.1) is 6.92 Å². The van der Waals surface area contributed by atoms with Crippen LogP contribution in [0.3, 0.4) is 0 Å². The quantitative estimate of drug-likeness (QED) is 0.108. The molecular weight excluding hydrogens is 739 g/mol. The number of imide groups is 1. The lowest BCUT2D eigenvalue weighted by atomic mass is 9.92. The number of imidazole rings is 1. The number of pyridine rings is 1. The number of hydrogen-bond donors (Lipinski definition) is 2. The summed E-state index contributed by atoms with van der Waals surface area (Å²) in [6, 6.07) is 7.69. The van der Waals surface area contributed by atoms with E-state index in [1.165, 1.54) is 0 Å². The van der Waals surface area contributed by atoms with Crippen molar-refractivity contribution >= 4 is 41.4 Å². The molecule has 0 bridgehead atoms. The number of aromatic nitrogens is 3. The maximum absolute atomic E-state index is 14.1. The van der Waals surface area contributed by atoms with E-state index in [-0.39, 0.29) is 19.1 Å². The first-order valence-electron chi connectivity index (χ1n) is 20.3. The number of esters is 1. The van der Waals surface area contributed by atoms with Gasteiger partial charge in [-0.1, -0.05) is 25.5 Å².